The van der Waals surface area contributed by atoms with Crippen LogP contribution in [-0.2, 0) is 11.2 Å². The van der Waals surface area contributed by atoms with E-state index >= 15 is 0 Å². The van der Waals surface area contributed by atoms with Crippen LogP contribution in [0.25, 0.3) is 0 Å². The average Bonchev–Trinajstić information content (AvgIpc) is 2.83. The number of ether oxygens (including phenoxy) is 5. The van der Waals surface area contributed by atoms with Crippen LogP contribution in [-0.4, -0.2) is 72.0 Å². The van der Waals surface area contributed by atoms with Crippen LogP contribution in [0, 0.1) is 0 Å². The Kier molecular flexibility index (Phi) is 6.73. The van der Waals surface area contributed by atoms with Gasteiger partial charge in [0, 0.05) is 17.7 Å². The van der Waals surface area contributed by atoms with Gasteiger partial charge in [-0.2, -0.15) is 0 Å². The van der Waals surface area contributed by atoms with Crippen molar-refractivity contribution in [1.82, 2.24) is 0 Å². The van der Waals surface area contributed by atoms with Crippen molar-refractivity contribution in [1.29, 1.82) is 0 Å². The lowest BCUT2D eigenvalue weighted by molar-refractivity contribution is -0.277. The summed E-state index contributed by atoms with van der Waals surface area (Å²) >= 11 is 0. The highest BCUT2D eigenvalue weighted by Crippen LogP contribution is 2.43. The highest BCUT2D eigenvalue weighted by molar-refractivity contribution is 5.52. The summed E-state index contributed by atoms with van der Waals surface area (Å²) in [4.78, 5) is 0. The molecule has 1 saturated heterocycles. The molecule has 9 nitrogen and oxygen atoms in total. The van der Waals surface area contributed by atoms with Gasteiger partial charge in [-0.3, -0.25) is 0 Å². The topological polar surface area (TPSA) is 127 Å². The second-order valence-electron chi connectivity index (χ2n) is 7.84. The van der Waals surface area contributed by atoms with Gasteiger partial charge in [0.15, 0.2) is 0 Å². The summed E-state index contributed by atoms with van der Waals surface area (Å²) in [6, 6.07) is 11.1. The normalized spacial score (nSPS) is 29.6. The number of rotatable bonds is 6. The summed E-state index contributed by atoms with van der Waals surface area (Å²) in [6.45, 7) is -0.534. The third-order valence-corrected chi connectivity index (χ3v) is 5.88. The van der Waals surface area contributed by atoms with Gasteiger partial charge in [-0.05, 0) is 30.5 Å². The molecule has 4 rings (SSSR count). The van der Waals surface area contributed by atoms with Gasteiger partial charge in [0.1, 0.15) is 53.5 Å². The molecule has 1 fully saturated rings. The SMILES string of the molecule is COc1ccc([C@@H]2CCc3c(O[C@@H]4O[C@H](CO)[C@@H](O)[C@H](O)[C@H]4O)cc(OC)cc3O2)cc1. The first-order chi connectivity index (χ1) is 15.4. The molecule has 2 aromatic rings. The summed E-state index contributed by atoms with van der Waals surface area (Å²) in [5.41, 5.74) is 1.78. The molecule has 0 aromatic heterocycles. The maximum Gasteiger partial charge on any atom is 0.229 e. The van der Waals surface area contributed by atoms with Gasteiger partial charge < -0.3 is 44.1 Å². The van der Waals surface area contributed by atoms with E-state index in [0.717, 1.165) is 16.9 Å². The molecular weight excluding hydrogens is 420 g/mol. The lowest BCUT2D eigenvalue weighted by atomic mass is 9.96. The maximum atomic E-state index is 10.3. The zero-order valence-electron chi connectivity index (χ0n) is 17.9. The molecule has 6 atom stereocenters. The summed E-state index contributed by atoms with van der Waals surface area (Å²) in [7, 11) is 3.13. The van der Waals surface area contributed by atoms with Crippen LogP contribution < -0.4 is 18.9 Å². The van der Waals surface area contributed by atoms with E-state index in [2.05, 4.69) is 0 Å². The van der Waals surface area contributed by atoms with E-state index in [-0.39, 0.29) is 6.10 Å². The molecular formula is C23H28O9. The fourth-order valence-electron chi connectivity index (χ4n) is 4.00. The Morgan fingerprint density at radius 2 is 1.66 bits per heavy atom. The van der Waals surface area contributed by atoms with Crippen molar-refractivity contribution in [3.63, 3.8) is 0 Å². The minimum atomic E-state index is -1.52. The van der Waals surface area contributed by atoms with Crippen LogP contribution in [0.4, 0.5) is 0 Å². The van der Waals surface area contributed by atoms with Gasteiger partial charge in [-0.25, -0.2) is 0 Å². The summed E-state index contributed by atoms with van der Waals surface area (Å²) < 4.78 is 28.2. The predicted octanol–water partition coefficient (Wildman–Crippen LogP) is 0.949. The largest absolute Gasteiger partial charge is 0.497 e. The number of benzene rings is 2. The Morgan fingerprint density at radius 1 is 0.938 bits per heavy atom. The molecule has 0 amide bonds. The summed E-state index contributed by atoms with van der Waals surface area (Å²) in [6.07, 6.45) is -5.69. The molecule has 0 unspecified atom stereocenters. The second kappa shape index (κ2) is 9.51. The van der Waals surface area contributed by atoms with Gasteiger partial charge in [0.05, 0.1) is 20.8 Å². The lowest BCUT2D eigenvalue weighted by Gasteiger charge is -2.40. The third-order valence-electron chi connectivity index (χ3n) is 5.88. The lowest BCUT2D eigenvalue weighted by Crippen LogP contribution is -2.60. The molecule has 0 spiro atoms. The van der Waals surface area contributed by atoms with Crippen molar-refractivity contribution in [2.75, 3.05) is 20.8 Å². The van der Waals surface area contributed by atoms with E-state index < -0.39 is 37.3 Å². The highest BCUT2D eigenvalue weighted by Gasteiger charge is 2.45. The predicted molar refractivity (Wildman–Crippen MR) is 112 cm³/mol. The van der Waals surface area contributed by atoms with Gasteiger partial charge in [0.2, 0.25) is 6.29 Å². The molecule has 32 heavy (non-hydrogen) atoms. The molecule has 0 aliphatic carbocycles. The fraction of sp³-hybridized carbons (Fsp3) is 0.478. The average molecular weight is 448 g/mol. The van der Waals surface area contributed by atoms with Crippen molar-refractivity contribution in [2.45, 2.75) is 49.7 Å². The second-order valence-corrected chi connectivity index (χ2v) is 7.84. The first-order valence-electron chi connectivity index (χ1n) is 10.4. The number of fused-ring (bicyclic) bond motifs is 1. The van der Waals surface area contributed by atoms with Gasteiger partial charge in [-0.15, -0.1) is 0 Å². The Hall–Kier alpha value is -2.56. The Balaban J connectivity index is 1.58. The molecule has 0 saturated carbocycles. The van der Waals surface area contributed by atoms with E-state index in [1.165, 1.54) is 7.11 Å². The minimum Gasteiger partial charge on any atom is -0.497 e. The number of hydrogen-bond donors (Lipinski definition) is 4. The van der Waals surface area contributed by atoms with Crippen LogP contribution in [0.15, 0.2) is 36.4 Å². The molecule has 2 aliphatic heterocycles. The number of aliphatic hydroxyl groups is 4. The van der Waals surface area contributed by atoms with Crippen molar-refractivity contribution in [3.8, 4) is 23.0 Å². The van der Waals surface area contributed by atoms with Crippen LogP contribution >= 0.6 is 0 Å². The van der Waals surface area contributed by atoms with E-state index in [1.54, 1.807) is 19.2 Å². The number of hydrogen-bond acceptors (Lipinski definition) is 9. The zero-order valence-corrected chi connectivity index (χ0v) is 17.9. The Bertz CT molecular complexity index is 914. The molecule has 4 N–H and O–H groups in total. The van der Waals surface area contributed by atoms with Crippen LogP contribution in [0.5, 0.6) is 23.0 Å². The summed E-state index contributed by atoms with van der Waals surface area (Å²) in [5, 5.41) is 39.8. The molecule has 2 aromatic carbocycles. The first-order valence-corrected chi connectivity index (χ1v) is 10.4. The molecule has 0 radical (unpaired) electrons. The van der Waals surface area contributed by atoms with Crippen LogP contribution in [0.2, 0.25) is 0 Å². The molecule has 174 valence electrons. The first kappa shape index (κ1) is 22.6. The van der Waals surface area contributed by atoms with Crippen LogP contribution in [0.1, 0.15) is 23.7 Å². The standard InChI is InChI=1S/C23H28O9/c1-28-13-5-3-12(4-6-13)16-8-7-15-17(30-16)9-14(29-2)10-18(15)31-23-22(27)21(26)20(25)19(11-24)32-23/h3-6,9-10,16,19-27H,7-8,11H2,1-2H3/t16-,19+,20+,21-,22+,23+/m0/s1. The molecule has 2 heterocycles. The van der Waals surface area contributed by atoms with Gasteiger partial charge in [0.25, 0.3) is 0 Å². The molecule has 2 aliphatic rings. The fourth-order valence-corrected chi connectivity index (χ4v) is 4.00. The van der Waals surface area contributed by atoms with E-state index in [0.29, 0.717) is 30.1 Å². The highest BCUT2D eigenvalue weighted by atomic mass is 16.7. The van der Waals surface area contributed by atoms with Crippen molar-refractivity contribution < 1.29 is 44.1 Å². The van der Waals surface area contributed by atoms with E-state index in [4.69, 9.17) is 23.7 Å². The Morgan fingerprint density at radius 3 is 2.31 bits per heavy atom. The van der Waals surface area contributed by atoms with Gasteiger partial charge in [-0.1, -0.05) is 12.1 Å². The van der Waals surface area contributed by atoms with Crippen molar-refractivity contribution >= 4 is 0 Å². The van der Waals surface area contributed by atoms with Crippen molar-refractivity contribution in [3.05, 3.63) is 47.5 Å². The van der Waals surface area contributed by atoms with Crippen LogP contribution in [0.3, 0.4) is 0 Å². The third kappa shape index (κ3) is 4.35. The number of aliphatic hydroxyl groups excluding tert-OH is 4. The monoisotopic (exact) mass is 448 g/mol. The Labute approximate surface area is 185 Å². The maximum absolute atomic E-state index is 10.3. The zero-order chi connectivity index (χ0) is 22.8. The quantitative estimate of drug-likeness (QED) is 0.511. The van der Waals surface area contributed by atoms with Crippen molar-refractivity contribution in [2.24, 2.45) is 0 Å². The number of methoxy groups -OCH3 is 2. The van der Waals surface area contributed by atoms with Gasteiger partial charge >= 0.3 is 0 Å². The molecule has 9 heteroatoms. The summed E-state index contributed by atoms with van der Waals surface area (Å²) in [5.74, 6) is 2.20. The van der Waals surface area contributed by atoms with E-state index in [1.807, 2.05) is 24.3 Å². The minimum absolute atomic E-state index is 0.166. The van der Waals surface area contributed by atoms with E-state index in [9.17, 15) is 20.4 Å². The molecule has 0 bridgehead atoms. The smallest absolute Gasteiger partial charge is 0.229 e.